The van der Waals surface area contributed by atoms with Crippen molar-refractivity contribution >= 4 is 11.9 Å². The average molecular weight is 315 g/mol. The number of nitrogens with zero attached hydrogens (tertiary/aromatic N) is 2. The van der Waals surface area contributed by atoms with Gasteiger partial charge in [0.1, 0.15) is 12.6 Å². The minimum absolute atomic E-state index is 0.0660. The molecule has 6 heteroatoms. The number of nitrogens with one attached hydrogen (secondary N) is 1. The number of benzene rings is 1. The van der Waals surface area contributed by atoms with E-state index in [0.29, 0.717) is 13.2 Å². The zero-order valence-corrected chi connectivity index (χ0v) is 13.2. The number of hydroxylamine groups is 2. The fourth-order valence-electron chi connectivity index (χ4n) is 3.89. The first-order chi connectivity index (χ1) is 11.1. The summed E-state index contributed by atoms with van der Waals surface area (Å²) < 4.78 is 0. The summed E-state index contributed by atoms with van der Waals surface area (Å²) in [5, 5.41) is 4.21. The molecule has 1 spiro atoms. The van der Waals surface area contributed by atoms with Crippen molar-refractivity contribution in [3.05, 3.63) is 35.9 Å². The number of hydrogen-bond donors (Lipinski definition) is 1. The second-order valence-corrected chi connectivity index (χ2v) is 6.73. The summed E-state index contributed by atoms with van der Waals surface area (Å²) in [5.41, 5.74) is 1.10. The van der Waals surface area contributed by atoms with E-state index in [4.69, 9.17) is 4.84 Å². The Bertz CT molecular complexity index is 629. The highest BCUT2D eigenvalue weighted by Gasteiger charge is 2.64. The largest absolute Gasteiger partial charge is 0.357 e. The van der Waals surface area contributed by atoms with Crippen LogP contribution in [0.25, 0.3) is 0 Å². The van der Waals surface area contributed by atoms with E-state index in [2.05, 4.69) is 5.32 Å². The molecule has 1 saturated carbocycles. The van der Waals surface area contributed by atoms with Gasteiger partial charge in [-0.15, -0.1) is 0 Å². The third-order valence-corrected chi connectivity index (χ3v) is 5.42. The second-order valence-electron chi connectivity index (χ2n) is 6.73. The SMILES string of the molecule is CNC(=O)C1CC2(CC2)C2CN1C(=O)N2OCc1ccccc1. The zero-order chi connectivity index (χ0) is 16.0. The minimum Gasteiger partial charge on any atom is -0.357 e. The van der Waals surface area contributed by atoms with Crippen LogP contribution < -0.4 is 5.32 Å². The molecule has 2 heterocycles. The van der Waals surface area contributed by atoms with Crippen LogP contribution in [0, 0.1) is 5.41 Å². The maximum absolute atomic E-state index is 12.7. The monoisotopic (exact) mass is 315 g/mol. The van der Waals surface area contributed by atoms with Gasteiger partial charge in [-0.05, 0) is 30.2 Å². The molecule has 1 aliphatic carbocycles. The number of hydrogen-bond acceptors (Lipinski definition) is 3. The molecule has 3 amide bonds. The first kappa shape index (κ1) is 14.5. The molecule has 2 atom stereocenters. The fourth-order valence-corrected chi connectivity index (χ4v) is 3.89. The lowest BCUT2D eigenvalue weighted by molar-refractivity contribution is -0.153. The predicted octanol–water partition coefficient (Wildman–Crippen LogP) is 1.52. The Morgan fingerprint density at radius 2 is 2.09 bits per heavy atom. The van der Waals surface area contributed by atoms with Gasteiger partial charge >= 0.3 is 6.03 Å². The number of fused-ring (bicyclic) bond motifs is 3. The van der Waals surface area contributed by atoms with Crippen LogP contribution in [-0.4, -0.2) is 47.6 Å². The molecule has 2 aliphatic heterocycles. The highest BCUT2D eigenvalue weighted by atomic mass is 16.7. The van der Waals surface area contributed by atoms with Crippen LogP contribution in [0.4, 0.5) is 4.79 Å². The van der Waals surface area contributed by atoms with Crippen LogP contribution in [0.15, 0.2) is 30.3 Å². The molecule has 6 nitrogen and oxygen atoms in total. The van der Waals surface area contributed by atoms with Crippen molar-refractivity contribution in [1.29, 1.82) is 0 Å². The summed E-state index contributed by atoms with van der Waals surface area (Å²) in [6.07, 6.45) is 2.88. The highest BCUT2D eigenvalue weighted by Crippen LogP contribution is 2.59. The van der Waals surface area contributed by atoms with Gasteiger partial charge in [0.05, 0.1) is 6.04 Å². The highest BCUT2D eigenvalue weighted by molar-refractivity contribution is 5.88. The standard InChI is InChI=1S/C17H21N3O3/c1-18-15(21)13-9-17(7-8-17)14-10-19(13)16(22)20(14)23-11-12-5-3-2-4-6-12/h2-6,13-14H,7-11H2,1H3,(H,18,21). The van der Waals surface area contributed by atoms with Gasteiger partial charge in [-0.3, -0.25) is 9.63 Å². The Hall–Kier alpha value is -2.08. The van der Waals surface area contributed by atoms with E-state index in [9.17, 15) is 9.59 Å². The maximum Gasteiger partial charge on any atom is 0.345 e. The number of piperidine rings is 1. The van der Waals surface area contributed by atoms with Crippen LogP contribution in [0.2, 0.25) is 0 Å². The van der Waals surface area contributed by atoms with Crippen molar-refractivity contribution in [2.75, 3.05) is 13.6 Å². The molecule has 1 N–H and O–H groups in total. The Morgan fingerprint density at radius 1 is 1.35 bits per heavy atom. The van der Waals surface area contributed by atoms with Crippen molar-refractivity contribution < 1.29 is 14.4 Å². The zero-order valence-electron chi connectivity index (χ0n) is 13.2. The summed E-state index contributed by atoms with van der Waals surface area (Å²) in [7, 11) is 1.62. The molecule has 1 aromatic carbocycles. The number of urea groups is 1. The summed E-state index contributed by atoms with van der Waals surface area (Å²) >= 11 is 0. The van der Waals surface area contributed by atoms with Gasteiger partial charge in [0.2, 0.25) is 5.91 Å². The van der Waals surface area contributed by atoms with E-state index < -0.39 is 0 Å². The summed E-state index contributed by atoms with van der Waals surface area (Å²) in [6.45, 7) is 0.962. The molecule has 1 aromatic rings. The molecule has 3 aliphatic rings. The summed E-state index contributed by atoms with van der Waals surface area (Å²) in [5.74, 6) is -0.0759. The molecule has 0 radical (unpaired) electrons. The Labute approximate surface area is 135 Å². The number of likely N-dealkylation sites (N-methyl/N-ethyl adjacent to an activating group) is 1. The molecular weight excluding hydrogens is 294 g/mol. The van der Waals surface area contributed by atoms with Gasteiger partial charge in [0.25, 0.3) is 0 Å². The van der Waals surface area contributed by atoms with E-state index in [1.807, 2.05) is 30.3 Å². The van der Waals surface area contributed by atoms with E-state index in [1.165, 1.54) is 5.06 Å². The van der Waals surface area contributed by atoms with Gasteiger partial charge in [-0.25, -0.2) is 4.79 Å². The van der Waals surface area contributed by atoms with Crippen molar-refractivity contribution in [2.45, 2.75) is 38.0 Å². The molecule has 2 unspecified atom stereocenters. The third-order valence-electron chi connectivity index (χ3n) is 5.42. The number of carbonyl (C=O) groups excluding carboxylic acids is 2. The third kappa shape index (κ3) is 2.28. The number of carbonyl (C=O) groups is 2. The van der Waals surface area contributed by atoms with E-state index in [0.717, 1.165) is 24.8 Å². The smallest absolute Gasteiger partial charge is 0.345 e. The topological polar surface area (TPSA) is 61.9 Å². The van der Waals surface area contributed by atoms with Gasteiger partial charge in [0, 0.05) is 13.6 Å². The van der Waals surface area contributed by atoms with Crippen LogP contribution >= 0.6 is 0 Å². The van der Waals surface area contributed by atoms with Crippen molar-refractivity contribution in [3.63, 3.8) is 0 Å². The van der Waals surface area contributed by atoms with Crippen LogP contribution in [0.1, 0.15) is 24.8 Å². The van der Waals surface area contributed by atoms with Crippen LogP contribution in [0.3, 0.4) is 0 Å². The first-order valence-corrected chi connectivity index (χ1v) is 8.13. The lowest BCUT2D eigenvalue weighted by atomic mass is 9.85. The molecular formula is C17H21N3O3. The van der Waals surface area contributed by atoms with Crippen LogP contribution in [-0.2, 0) is 16.2 Å². The molecule has 23 heavy (non-hydrogen) atoms. The number of amides is 3. The lowest BCUT2D eigenvalue weighted by Crippen LogP contribution is -2.52. The van der Waals surface area contributed by atoms with Gasteiger partial charge in [-0.1, -0.05) is 30.3 Å². The van der Waals surface area contributed by atoms with Gasteiger partial charge < -0.3 is 10.2 Å². The number of rotatable bonds is 4. The Balaban J connectivity index is 1.53. The molecule has 0 aromatic heterocycles. The van der Waals surface area contributed by atoms with E-state index >= 15 is 0 Å². The first-order valence-electron chi connectivity index (χ1n) is 8.13. The quantitative estimate of drug-likeness (QED) is 0.916. The second kappa shape index (κ2) is 5.23. The maximum atomic E-state index is 12.7. The molecule has 4 rings (SSSR count). The lowest BCUT2D eigenvalue weighted by Gasteiger charge is -2.35. The van der Waals surface area contributed by atoms with Gasteiger partial charge in [0.15, 0.2) is 0 Å². The van der Waals surface area contributed by atoms with Crippen molar-refractivity contribution in [1.82, 2.24) is 15.3 Å². The Morgan fingerprint density at radius 3 is 2.74 bits per heavy atom. The predicted molar refractivity (Wildman–Crippen MR) is 83.1 cm³/mol. The van der Waals surface area contributed by atoms with E-state index in [1.54, 1.807) is 11.9 Å². The van der Waals surface area contributed by atoms with Crippen LogP contribution in [0.5, 0.6) is 0 Å². The summed E-state index contributed by atoms with van der Waals surface area (Å²) in [4.78, 5) is 32.4. The van der Waals surface area contributed by atoms with E-state index in [-0.39, 0.29) is 29.4 Å². The molecule has 3 fully saturated rings. The molecule has 2 bridgehead atoms. The normalized spacial score (nSPS) is 27.4. The van der Waals surface area contributed by atoms with Crippen molar-refractivity contribution in [2.24, 2.45) is 5.41 Å². The summed E-state index contributed by atoms with van der Waals surface area (Å²) in [6, 6.07) is 9.35. The molecule has 122 valence electrons. The minimum atomic E-state index is -0.364. The fraction of sp³-hybridized carbons (Fsp3) is 0.529. The van der Waals surface area contributed by atoms with Crippen molar-refractivity contribution in [3.8, 4) is 0 Å². The van der Waals surface area contributed by atoms with Gasteiger partial charge in [-0.2, -0.15) is 5.06 Å². The average Bonchev–Trinajstić information content (AvgIpc) is 3.29. The molecule has 2 saturated heterocycles. The Kier molecular flexibility index (Phi) is 3.30.